The van der Waals surface area contributed by atoms with Gasteiger partial charge in [-0.05, 0) is 55.0 Å². The van der Waals surface area contributed by atoms with Gasteiger partial charge in [0.15, 0.2) is 6.61 Å². The fourth-order valence-corrected chi connectivity index (χ4v) is 4.57. The molecule has 1 amide bonds. The van der Waals surface area contributed by atoms with Crippen molar-refractivity contribution in [2.45, 2.75) is 51.1 Å². The summed E-state index contributed by atoms with van der Waals surface area (Å²) in [7, 11) is 0. The molecule has 0 unspecified atom stereocenters. The predicted octanol–water partition coefficient (Wildman–Crippen LogP) is 2.79. The third kappa shape index (κ3) is 3.70. The molecular weight excluding hydrogens is 378 g/mol. The van der Waals surface area contributed by atoms with Crippen LogP contribution in [0.1, 0.15) is 36.2 Å². The fraction of sp³-hybridized carbons (Fsp3) is 0.375. The molecule has 0 spiro atoms. The predicted molar refractivity (Wildman–Crippen MR) is 115 cm³/mol. The number of rotatable bonds is 4. The molecule has 6 heteroatoms. The maximum absolute atomic E-state index is 12.9. The van der Waals surface area contributed by atoms with Gasteiger partial charge in [0, 0.05) is 19.0 Å². The number of ether oxygens (including phenoxy) is 1. The molecule has 0 saturated heterocycles. The second kappa shape index (κ2) is 7.94. The Kier molecular flexibility index (Phi) is 4.99. The fourth-order valence-electron chi connectivity index (χ4n) is 4.57. The Balaban J connectivity index is 1.26. The standard InChI is InChI=1S/C24H25N3O3/c28-23(25-18-12-16-6-3-4-7-17(16)13-18)15-30-19-9-10-21-20(14-19)24(29)27-11-5-1-2-8-22(27)26-21/h3-4,6-7,9-10,14,18H,1-2,5,8,11-13,15H2,(H,25,28). The van der Waals surface area contributed by atoms with Crippen molar-refractivity contribution in [2.24, 2.45) is 0 Å². The monoisotopic (exact) mass is 403 g/mol. The molecule has 1 aliphatic heterocycles. The molecule has 0 radical (unpaired) electrons. The first-order valence-corrected chi connectivity index (χ1v) is 10.7. The molecular formula is C24H25N3O3. The Morgan fingerprint density at radius 1 is 1.10 bits per heavy atom. The molecule has 0 atom stereocenters. The highest BCUT2D eigenvalue weighted by atomic mass is 16.5. The van der Waals surface area contributed by atoms with Gasteiger partial charge in [-0.15, -0.1) is 0 Å². The van der Waals surface area contributed by atoms with Crippen molar-refractivity contribution in [3.8, 4) is 5.75 Å². The van der Waals surface area contributed by atoms with Crippen LogP contribution in [0.4, 0.5) is 0 Å². The topological polar surface area (TPSA) is 73.2 Å². The zero-order valence-corrected chi connectivity index (χ0v) is 16.9. The number of carbonyl (C=O) groups excluding carboxylic acids is 1. The molecule has 5 rings (SSSR count). The summed E-state index contributed by atoms with van der Waals surface area (Å²) < 4.78 is 7.49. The summed E-state index contributed by atoms with van der Waals surface area (Å²) in [6.07, 6.45) is 5.74. The number of hydrogen-bond acceptors (Lipinski definition) is 4. The lowest BCUT2D eigenvalue weighted by molar-refractivity contribution is -0.123. The van der Waals surface area contributed by atoms with Crippen molar-refractivity contribution in [3.63, 3.8) is 0 Å². The van der Waals surface area contributed by atoms with Gasteiger partial charge < -0.3 is 10.1 Å². The molecule has 2 aromatic carbocycles. The van der Waals surface area contributed by atoms with Gasteiger partial charge in [-0.2, -0.15) is 0 Å². The molecule has 3 aromatic rings. The lowest BCUT2D eigenvalue weighted by Crippen LogP contribution is -2.38. The summed E-state index contributed by atoms with van der Waals surface area (Å²) in [6, 6.07) is 13.7. The van der Waals surface area contributed by atoms with Crippen LogP contribution in [0.3, 0.4) is 0 Å². The summed E-state index contributed by atoms with van der Waals surface area (Å²) in [5.41, 5.74) is 3.26. The second-order valence-electron chi connectivity index (χ2n) is 8.20. The zero-order chi connectivity index (χ0) is 20.5. The van der Waals surface area contributed by atoms with E-state index in [9.17, 15) is 9.59 Å². The number of benzene rings is 2. The van der Waals surface area contributed by atoms with Crippen molar-refractivity contribution in [2.75, 3.05) is 6.61 Å². The molecule has 0 saturated carbocycles. The molecule has 154 valence electrons. The van der Waals surface area contributed by atoms with Gasteiger partial charge >= 0.3 is 0 Å². The minimum atomic E-state index is -0.148. The average Bonchev–Trinajstić information content (AvgIpc) is 3.00. The van der Waals surface area contributed by atoms with Gasteiger partial charge in [0.05, 0.1) is 10.9 Å². The number of nitrogens with one attached hydrogen (secondary N) is 1. The lowest BCUT2D eigenvalue weighted by atomic mass is 10.1. The van der Waals surface area contributed by atoms with Crippen molar-refractivity contribution in [3.05, 3.63) is 69.8 Å². The number of carbonyl (C=O) groups is 1. The normalized spacial score (nSPS) is 16.0. The number of hydrogen-bond donors (Lipinski definition) is 1. The third-order valence-corrected chi connectivity index (χ3v) is 6.07. The Hall–Kier alpha value is -3.15. The summed E-state index contributed by atoms with van der Waals surface area (Å²) in [5.74, 6) is 1.24. The van der Waals surface area contributed by atoms with E-state index in [4.69, 9.17) is 4.74 Å². The number of amides is 1. The van der Waals surface area contributed by atoms with Gasteiger partial charge in [-0.1, -0.05) is 30.7 Å². The molecule has 1 aromatic heterocycles. The lowest BCUT2D eigenvalue weighted by Gasteiger charge is -2.13. The Morgan fingerprint density at radius 3 is 2.70 bits per heavy atom. The van der Waals surface area contributed by atoms with Crippen molar-refractivity contribution in [1.29, 1.82) is 0 Å². The largest absolute Gasteiger partial charge is 0.484 e. The van der Waals surface area contributed by atoms with E-state index >= 15 is 0 Å². The number of aryl methyl sites for hydroxylation is 1. The van der Waals surface area contributed by atoms with Crippen LogP contribution in [-0.2, 0) is 30.6 Å². The quantitative estimate of drug-likeness (QED) is 0.727. The van der Waals surface area contributed by atoms with Gasteiger partial charge in [-0.25, -0.2) is 4.98 Å². The van der Waals surface area contributed by atoms with E-state index in [0.717, 1.165) is 44.3 Å². The van der Waals surface area contributed by atoms with Gasteiger partial charge in [0.2, 0.25) is 0 Å². The highest BCUT2D eigenvalue weighted by Crippen LogP contribution is 2.22. The summed E-state index contributed by atoms with van der Waals surface area (Å²) >= 11 is 0. The Bertz CT molecular complexity index is 1140. The molecule has 1 N–H and O–H groups in total. The second-order valence-corrected chi connectivity index (χ2v) is 8.20. The average molecular weight is 403 g/mol. The van der Waals surface area contributed by atoms with Crippen LogP contribution < -0.4 is 15.6 Å². The molecule has 2 heterocycles. The smallest absolute Gasteiger partial charge is 0.261 e. The van der Waals surface area contributed by atoms with E-state index in [1.54, 1.807) is 16.7 Å². The number of fused-ring (bicyclic) bond motifs is 3. The maximum Gasteiger partial charge on any atom is 0.261 e. The first-order chi connectivity index (χ1) is 14.7. The Labute approximate surface area is 174 Å². The van der Waals surface area contributed by atoms with Crippen LogP contribution in [0.5, 0.6) is 5.75 Å². The summed E-state index contributed by atoms with van der Waals surface area (Å²) in [4.78, 5) is 30.0. The van der Waals surface area contributed by atoms with Crippen LogP contribution in [0.15, 0.2) is 47.3 Å². The van der Waals surface area contributed by atoms with E-state index in [2.05, 4.69) is 22.4 Å². The molecule has 30 heavy (non-hydrogen) atoms. The molecule has 0 bridgehead atoms. The van der Waals surface area contributed by atoms with E-state index in [1.807, 2.05) is 18.2 Å². The molecule has 0 fully saturated rings. The van der Waals surface area contributed by atoms with Crippen LogP contribution in [0.25, 0.3) is 10.9 Å². The van der Waals surface area contributed by atoms with E-state index in [1.165, 1.54) is 11.1 Å². The highest BCUT2D eigenvalue weighted by Gasteiger charge is 2.22. The van der Waals surface area contributed by atoms with Crippen LogP contribution in [0.2, 0.25) is 0 Å². The summed E-state index contributed by atoms with van der Waals surface area (Å²) in [5, 5.41) is 3.60. The van der Waals surface area contributed by atoms with E-state index in [-0.39, 0.29) is 24.1 Å². The maximum atomic E-state index is 12.9. The third-order valence-electron chi connectivity index (χ3n) is 6.07. The van der Waals surface area contributed by atoms with Crippen LogP contribution in [-0.4, -0.2) is 28.1 Å². The van der Waals surface area contributed by atoms with Crippen LogP contribution >= 0.6 is 0 Å². The first-order valence-electron chi connectivity index (χ1n) is 10.7. The van der Waals surface area contributed by atoms with E-state index in [0.29, 0.717) is 23.2 Å². The summed E-state index contributed by atoms with van der Waals surface area (Å²) in [6.45, 7) is 0.645. The Morgan fingerprint density at radius 2 is 1.90 bits per heavy atom. The SMILES string of the molecule is O=C(COc1ccc2nc3n(c(=O)c2c1)CCCCC3)NC1Cc2ccccc2C1. The minimum Gasteiger partial charge on any atom is -0.484 e. The molecule has 1 aliphatic carbocycles. The van der Waals surface area contributed by atoms with Gasteiger partial charge in [0.1, 0.15) is 11.6 Å². The van der Waals surface area contributed by atoms with E-state index < -0.39 is 0 Å². The van der Waals surface area contributed by atoms with Gasteiger partial charge in [0.25, 0.3) is 11.5 Å². The number of nitrogens with zero attached hydrogens (tertiary/aromatic N) is 2. The molecule has 2 aliphatic rings. The van der Waals surface area contributed by atoms with Crippen molar-refractivity contribution < 1.29 is 9.53 Å². The first kappa shape index (κ1) is 18.9. The minimum absolute atomic E-state index is 0.0180. The van der Waals surface area contributed by atoms with Crippen LogP contribution in [0, 0.1) is 0 Å². The molecule has 6 nitrogen and oxygen atoms in total. The van der Waals surface area contributed by atoms with Crippen molar-refractivity contribution in [1.82, 2.24) is 14.9 Å². The highest BCUT2D eigenvalue weighted by molar-refractivity contribution is 5.80. The zero-order valence-electron chi connectivity index (χ0n) is 16.9. The van der Waals surface area contributed by atoms with Crippen molar-refractivity contribution >= 4 is 16.8 Å². The number of aromatic nitrogens is 2. The van der Waals surface area contributed by atoms with Gasteiger partial charge in [-0.3, -0.25) is 14.2 Å².